The van der Waals surface area contributed by atoms with Crippen molar-refractivity contribution in [2.75, 3.05) is 24.2 Å². The van der Waals surface area contributed by atoms with Crippen LogP contribution in [-0.2, 0) is 7.05 Å². The number of aliphatic hydroxyl groups excluding tert-OH is 1. The fourth-order valence-electron chi connectivity index (χ4n) is 1.41. The van der Waals surface area contributed by atoms with Gasteiger partial charge in [0.05, 0.1) is 0 Å². The molecule has 0 aliphatic heterocycles. The first kappa shape index (κ1) is 13.3. The average Bonchev–Trinajstić information content (AvgIpc) is 2.26. The molecule has 0 amide bonds. The molecule has 0 radical (unpaired) electrons. The molecule has 1 atom stereocenters. The van der Waals surface area contributed by atoms with Crippen LogP contribution in [-0.4, -0.2) is 27.8 Å². The third kappa shape index (κ3) is 3.10. The molecule has 1 unspecified atom stereocenters. The summed E-state index contributed by atoms with van der Waals surface area (Å²) in [5.41, 5.74) is 4.80. The lowest BCUT2D eigenvalue weighted by atomic mass is 10.1. The van der Waals surface area contributed by atoms with Crippen LogP contribution in [0.4, 0.5) is 11.5 Å². The number of hydrogen-bond acceptors (Lipinski definition) is 5. The first-order valence-corrected chi connectivity index (χ1v) is 5.40. The van der Waals surface area contributed by atoms with Crippen LogP contribution in [0.1, 0.15) is 13.3 Å². The zero-order valence-electron chi connectivity index (χ0n) is 9.99. The smallest absolute Gasteiger partial charge is 0.329 e. The van der Waals surface area contributed by atoms with Crippen molar-refractivity contribution in [2.45, 2.75) is 13.3 Å². The first-order valence-electron chi connectivity index (χ1n) is 5.40. The van der Waals surface area contributed by atoms with Crippen LogP contribution in [0.5, 0.6) is 0 Å². The monoisotopic (exact) mass is 242 g/mol. The summed E-state index contributed by atoms with van der Waals surface area (Å²) in [5.74, 6) is 0.311. The maximum absolute atomic E-state index is 11.5. The Bertz CT molecular complexity index is 491. The average molecular weight is 242 g/mol. The number of rotatable bonds is 5. The molecular weight excluding hydrogens is 224 g/mol. The zero-order chi connectivity index (χ0) is 13.0. The predicted molar refractivity (Wildman–Crippen MR) is 66.1 cm³/mol. The Morgan fingerprint density at radius 1 is 1.53 bits per heavy atom. The Balaban J connectivity index is 2.89. The van der Waals surface area contributed by atoms with Crippen molar-refractivity contribution < 1.29 is 5.11 Å². The Morgan fingerprint density at radius 3 is 2.76 bits per heavy atom. The van der Waals surface area contributed by atoms with Crippen LogP contribution in [0.2, 0.25) is 0 Å². The lowest BCUT2D eigenvalue weighted by molar-refractivity contribution is 0.266. The molecule has 7 nitrogen and oxygen atoms in total. The molecule has 17 heavy (non-hydrogen) atoms. The Morgan fingerprint density at radius 2 is 2.18 bits per heavy atom. The van der Waals surface area contributed by atoms with Gasteiger partial charge >= 0.3 is 5.69 Å². The highest BCUT2D eigenvalue weighted by molar-refractivity contribution is 5.60. The minimum atomic E-state index is -0.540. The summed E-state index contributed by atoms with van der Waals surface area (Å²) in [6, 6.07) is 0. The molecule has 1 heterocycles. The summed E-state index contributed by atoms with van der Waals surface area (Å²) in [5, 5.41) is 11.7. The van der Waals surface area contributed by atoms with E-state index in [-0.39, 0.29) is 24.0 Å². The van der Waals surface area contributed by atoms with Gasteiger partial charge in [0.2, 0.25) is 0 Å². The molecule has 1 aromatic rings. The molecule has 5 N–H and O–H groups in total. The summed E-state index contributed by atoms with van der Waals surface area (Å²) < 4.78 is 1.17. The van der Waals surface area contributed by atoms with Crippen molar-refractivity contribution in [3.63, 3.8) is 0 Å². The topological polar surface area (TPSA) is 113 Å². The predicted octanol–water partition coefficient (Wildman–Crippen LogP) is -0.914. The van der Waals surface area contributed by atoms with Crippen LogP contribution >= 0.6 is 0 Å². The largest absolute Gasteiger partial charge is 0.396 e. The molecule has 0 saturated heterocycles. The Hall–Kier alpha value is -1.76. The van der Waals surface area contributed by atoms with E-state index in [4.69, 9.17) is 10.8 Å². The highest BCUT2D eigenvalue weighted by Gasteiger charge is 2.10. The van der Waals surface area contributed by atoms with Crippen molar-refractivity contribution in [2.24, 2.45) is 13.0 Å². The molecule has 1 aromatic heterocycles. The first-order chi connectivity index (χ1) is 7.97. The molecule has 0 aromatic carbocycles. The number of nitrogens with one attached hydrogen (secondary N) is 2. The highest BCUT2D eigenvalue weighted by Crippen LogP contribution is 2.10. The van der Waals surface area contributed by atoms with Gasteiger partial charge in [0.25, 0.3) is 5.56 Å². The van der Waals surface area contributed by atoms with Gasteiger partial charge in [-0.25, -0.2) is 4.79 Å². The van der Waals surface area contributed by atoms with E-state index in [1.165, 1.54) is 11.6 Å². The van der Waals surface area contributed by atoms with Crippen molar-refractivity contribution in [1.29, 1.82) is 0 Å². The fraction of sp³-hybridized carbons (Fsp3) is 0.600. The number of aliphatic hydroxyl groups is 1. The molecule has 96 valence electrons. The molecule has 1 rings (SSSR count). The highest BCUT2D eigenvalue weighted by atomic mass is 16.3. The van der Waals surface area contributed by atoms with Crippen molar-refractivity contribution in [3.8, 4) is 0 Å². The maximum atomic E-state index is 11.5. The van der Waals surface area contributed by atoms with Crippen molar-refractivity contribution >= 4 is 11.5 Å². The van der Waals surface area contributed by atoms with E-state index in [1.54, 1.807) is 0 Å². The van der Waals surface area contributed by atoms with E-state index in [2.05, 4.69) is 10.3 Å². The van der Waals surface area contributed by atoms with Gasteiger partial charge in [0.1, 0.15) is 11.5 Å². The van der Waals surface area contributed by atoms with E-state index >= 15 is 0 Å². The number of aromatic amines is 1. The summed E-state index contributed by atoms with van der Waals surface area (Å²) in [6.45, 7) is 2.55. The zero-order valence-corrected chi connectivity index (χ0v) is 9.99. The van der Waals surface area contributed by atoms with E-state index in [0.29, 0.717) is 13.0 Å². The van der Waals surface area contributed by atoms with Gasteiger partial charge in [-0.05, 0) is 12.3 Å². The van der Waals surface area contributed by atoms with Gasteiger partial charge in [0, 0.05) is 20.2 Å². The minimum Gasteiger partial charge on any atom is -0.396 e. The lowest BCUT2D eigenvalue weighted by Crippen LogP contribution is -2.33. The second-order valence-electron chi connectivity index (χ2n) is 4.08. The minimum absolute atomic E-state index is 0.0992. The molecule has 7 heteroatoms. The van der Waals surface area contributed by atoms with Crippen LogP contribution in [0.15, 0.2) is 9.59 Å². The quantitative estimate of drug-likeness (QED) is 0.533. The van der Waals surface area contributed by atoms with Gasteiger partial charge in [-0.15, -0.1) is 0 Å². The van der Waals surface area contributed by atoms with Gasteiger partial charge in [-0.1, -0.05) is 6.92 Å². The maximum Gasteiger partial charge on any atom is 0.329 e. The third-order valence-electron chi connectivity index (χ3n) is 2.62. The Labute approximate surface area is 98.3 Å². The summed E-state index contributed by atoms with van der Waals surface area (Å²) >= 11 is 0. The van der Waals surface area contributed by atoms with Gasteiger partial charge in [-0.3, -0.25) is 14.3 Å². The second-order valence-corrected chi connectivity index (χ2v) is 4.08. The van der Waals surface area contributed by atoms with Gasteiger partial charge < -0.3 is 16.2 Å². The standard InChI is InChI=1S/C10H18N4O3/c1-6(3-4-15)5-12-7-8(11)14(2)10(17)13-9(7)16/h6,12,15H,3-5,11H2,1-2H3,(H,13,16,17). The molecule has 0 saturated carbocycles. The number of anilines is 2. The third-order valence-corrected chi connectivity index (χ3v) is 2.62. The van der Waals surface area contributed by atoms with Gasteiger partial charge in [0.15, 0.2) is 0 Å². The second kappa shape index (κ2) is 5.53. The summed E-state index contributed by atoms with van der Waals surface area (Å²) in [6.07, 6.45) is 0.635. The van der Waals surface area contributed by atoms with E-state index in [0.717, 1.165) is 0 Å². The molecule has 0 aliphatic rings. The fourth-order valence-corrected chi connectivity index (χ4v) is 1.41. The van der Waals surface area contributed by atoms with E-state index in [9.17, 15) is 9.59 Å². The molecule has 0 spiro atoms. The van der Waals surface area contributed by atoms with Crippen LogP contribution < -0.4 is 22.3 Å². The van der Waals surface area contributed by atoms with Crippen LogP contribution in [0, 0.1) is 5.92 Å². The van der Waals surface area contributed by atoms with E-state index < -0.39 is 11.2 Å². The molecule has 0 bridgehead atoms. The van der Waals surface area contributed by atoms with E-state index in [1.807, 2.05) is 6.92 Å². The number of aromatic nitrogens is 2. The summed E-state index contributed by atoms with van der Waals surface area (Å²) in [7, 11) is 1.48. The Kier molecular flexibility index (Phi) is 4.33. The lowest BCUT2D eigenvalue weighted by Gasteiger charge is -2.14. The van der Waals surface area contributed by atoms with Crippen molar-refractivity contribution in [1.82, 2.24) is 9.55 Å². The number of nitrogens with two attached hydrogens (primary N) is 1. The number of H-pyrrole nitrogens is 1. The molecule has 0 fully saturated rings. The van der Waals surface area contributed by atoms with Crippen LogP contribution in [0.3, 0.4) is 0 Å². The number of nitrogen functional groups attached to an aromatic ring is 1. The van der Waals surface area contributed by atoms with Crippen molar-refractivity contribution in [3.05, 3.63) is 20.8 Å². The number of nitrogens with zero attached hydrogens (tertiary/aromatic N) is 1. The SMILES string of the molecule is CC(CCO)CNc1c(N)n(C)c(=O)[nH]c1=O. The normalized spacial score (nSPS) is 12.4. The summed E-state index contributed by atoms with van der Waals surface area (Å²) in [4.78, 5) is 24.9. The molecule has 0 aliphatic carbocycles. The number of hydrogen-bond donors (Lipinski definition) is 4. The van der Waals surface area contributed by atoms with Crippen LogP contribution in [0.25, 0.3) is 0 Å². The van der Waals surface area contributed by atoms with Gasteiger partial charge in [-0.2, -0.15) is 0 Å². The molecular formula is C10H18N4O3.